The number of ether oxygens (including phenoxy) is 3. The minimum atomic E-state index is -5.57. The minimum absolute atomic E-state index is 0.254. The van der Waals surface area contributed by atoms with E-state index in [4.69, 9.17) is 36.7 Å². The van der Waals surface area contributed by atoms with Crippen molar-refractivity contribution in [3.8, 4) is 0 Å². The number of rotatable bonds is 9. The molecule has 2 radical (unpaired) electrons. The van der Waals surface area contributed by atoms with E-state index in [1.54, 1.807) is 0 Å². The van der Waals surface area contributed by atoms with Crippen molar-refractivity contribution in [2.24, 2.45) is 0 Å². The molecule has 2 heterocycles. The highest BCUT2D eigenvalue weighted by atomic mass is 31.3. The molecule has 2 saturated heterocycles. The summed E-state index contributed by atoms with van der Waals surface area (Å²) in [5.74, 6) is 0. The molecule has 0 aliphatic carbocycles. The molecule has 2 rings (SSSR count). The molecule has 0 saturated carbocycles. The van der Waals surface area contributed by atoms with Gasteiger partial charge in [-0.05, 0) is 12.8 Å². The molecule has 26 heavy (non-hydrogen) atoms. The first kappa shape index (κ1) is 22.6. The van der Waals surface area contributed by atoms with Crippen molar-refractivity contribution >= 4 is 31.3 Å². The quantitative estimate of drug-likeness (QED) is 0.281. The first-order valence-corrected chi connectivity index (χ1v) is 11.8. The maximum atomic E-state index is 11.7. The molecule has 2 fully saturated rings. The summed E-state index contributed by atoms with van der Waals surface area (Å²) in [6.45, 7) is -0.0781. The van der Waals surface area contributed by atoms with Crippen LogP contribution in [0.4, 0.5) is 0 Å². The van der Waals surface area contributed by atoms with Gasteiger partial charge in [-0.2, -0.15) is 8.62 Å². The van der Waals surface area contributed by atoms with Crippen LogP contribution in [0.5, 0.6) is 0 Å². The van der Waals surface area contributed by atoms with Crippen molar-refractivity contribution in [1.82, 2.24) is 0 Å². The van der Waals surface area contributed by atoms with Gasteiger partial charge in [0.2, 0.25) is 0 Å². The van der Waals surface area contributed by atoms with Crippen LogP contribution in [0.1, 0.15) is 19.3 Å². The Kier molecular flexibility index (Phi) is 7.66. The van der Waals surface area contributed by atoms with Crippen LogP contribution in [0.25, 0.3) is 0 Å². The third kappa shape index (κ3) is 7.77. The molecule has 150 valence electrons. The maximum Gasteiger partial charge on any atom is 0.490 e. The van der Waals surface area contributed by atoms with Crippen molar-refractivity contribution in [1.29, 1.82) is 0 Å². The van der Waals surface area contributed by atoms with Crippen molar-refractivity contribution in [2.75, 3.05) is 13.2 Å². The van der Waals surface area contributed by atoms with E-state index in [0.29, 0.717) is 13.0 Å². The standard InChI is InChI=1S/C9H18BO13P3/c10-8-4-6(21-9-2-1-3-18-9)7(20-8)5-19-25(14,15)23-26(16,17)22-24(11,12)13/h6-9H,1-5H2,(H,14,15)(H,16,17)(H2,11,12,13). The zero-order valence-electron chi connectivity index (χ0n) is 13.2. The summed E-state index contributed by atoms with van der Waals surface area (Å²) in [5.41, 5.74) is 0. The van der Waals surface area contributed by atoms with Crippen LogP contribution in [0.15, 0.2) is 0 Å². The van der Waals surface area contributed by atoms with Gasteiger partial charge in [-0.3, -0.25) is 4.52 Å². The fraction of sp³-hybridized carbons (Fsp3) is 1.00. The van der Waals surface area contributed by atoms with Crippen LogP contribution in [0, 0.1) is 0 Å². The molecule has 0 aromatic heterocycles. The summed E-state index contributed by atoms with van der Waals surface area (Å²) in [6, 6.07) is -0.726. The molecule has 2 aliphatic rings. The summed E-state index contributed by atoms with van der Waals surface area (Å²) in [5, 5.41) is 0. The van der Waals surface area contributed by atoms with Gasteiger partial charge < -0.3 is 33.8 Å². The molecule has 13 nitrogen and oxygen atoms in total. The molecule has 2 aliphatic heterocycles. The van der Waals surface area contributed by atoms with Gasteiger partial charge in [0.15, 0.2) is 6.29 Å². The van der Waals surface area contributed by atoms with E-state index in [9.17, 15) is 18.6 Å². The Balaban J connectivity index is 1.89. The lowest BCUT2D eigenvalue weighted by molar-refractivity contribution is -0.160. The van der Waals surface area contributed by atoms with E-state index < -0.39 is 54.6 Å². The van der Waals surface area contributed by atoms with Crippen molar-refractivity contribution in [3.63, 3.8) is 0 Å². The number of phosphoric ester groups is 1. The molecule has 0 bridgehead atoms. The van der Waals surface area contributed by atoms with E-state index in [1.165, 1.54) is 0 Å². The van der Waals surface area contributed by atoms with Crippen LogP contribution < -0.4 is 0 Å². The zero-order valence-corrected chi connectivity index (χ0v) is 15.9. The third-order valence-corrected chi connectivity index (χ3v) is 7.06. The third-order valence-electron chi connectivity index (χ3n) is 3.26. The summed E-state index contributed by atoms with van der Waals surface area (Å²) < 4.78 is 61.5. The summed E-state index contributed by atoms with van der Waals surface area (Å²) in [7, 11) is -10.6. The smallest absolute Gasteiger partial charge is 0.380 e. The predicted octanol–water partition coefficient (Wildman–Crippen LogP) is 0.135. The molecule has 6 atom stereocenters. The van der Waals surface area contributed by atoms with E-state index in [2.05, 4.69) is 13.1 Å². The van der Waals surface area contributed by atoms with Gasteiger partial charge in [0.05, 0.1) is 12.7 Å². The first-order chi connectivity index (χ1) is 11.9. The first-order valence-electron chi connectivity index (χ1n) is 7.32. The van der Waals surface area contributed by atoms with Crippen LogP contribution >= 0.6 is 23.5 Å². The van der Waals surface area contributed by atoms with Gasteiger partial charge in [0.1, 0.15) is 14.0 Å². The van der Waals surface area contributed by atoms with E-state index in [0.717, 1.165) is 6.42 Å². The monoisotopic (exact) mass is 438 g/mol. The van der Waals surface area contributed by atoms with Gasteiger partial charge in [-0.25, -0.2) is 13.7 Å². The Morgan fingerprint density at radius 2 is 1.77 bits per heavy atom. The van der Waals surface area contributed by atoms with E-state index in [-0.39, 0.29) is 6.42 Å². The fourth-order valence-corrected chi connectivity index (χ4v) is 5.39. The second-order valence-corrected chi connectivity index (χ2v) is 9.87. The van der Waals surface area contributed by atoms with Crippen molar-refractivity contribution in [2.45, 2.75) is 43.8 Å². The van der Waals surface area contributed by atoms with Gasteiger partial charge >= 0.3 is 23.5 Å². The Bertz CT molecular complexity index is 618. The lowest BCUT2D eigenvalue weighted by Crippen LogP contribution is -2.32. The average Bonchev–Trinajstić information content (AvgIpc) is 3.02. The van der Waals surface area contributed by atoms with Gasteiger partial charge in [0.25, 0.3) is 0 Å². The van der Waals surface area contributed by atoms with Crippen LogP contribution in [0.2, 0.25) is 0 Å². The SMILES string of the molecule is [B]C1CC(OC2CCCO2)C(COP(=O)(O)OP(=O)(O)OP(=O)(O)O)O1. The molecule has 0 spiro atoms. The largest absolute Gasteiger partial charge is 0.490 e. The molecule has 0 aromatic carbocycles. The highest BCUT2D eigenvalue weighted by Crippen LogP contribution is 2.66. The zero-order chi connectivity index (χ0) is 19.6. The second kappa shape index (κ2) is 8.79. The fourth-order valence-electron chi connectivity index (χ4n) is 2.36. The number of phosphoric acid groups is 3. The molecule has 17 heteroatoms. The molecule has 6 unspecified atom stereocenters. The molecule has 0 amide bonds. The van der Waals surface area contributed by atoms with Crippen LogP contribution in [0.3, 0.4) is 0 Å². The van der Waals surface area contributed by atoms with E-state index in [1.807, 2.05) is 0 Å². The summed E-state index contributed by atoms with van der Waals surface area (Å²) >= 11 is 0. The topological polar surface area (TPSA) is 188 Å². The summed E-state index contributed by atoms with van der Waals surface area (Å²) in [6.07, 6.45) is -0.267. The molecular formula is C9H18BO13P3. The predicted molar refractivity (Wildman–Crippen MR) is 82.7 cm³/mol. The Morgan fingerprint density at radius 1 is 1.08 bits per heavy atom. The number of hydrogen-bond acceptors (Lipinski definition) is 9. The highest BCUT2D eigenvalue weighted by molar-refractivity contribution is 7.66. The van der Waals surface area contributed by atoms with Crippen LogP contribution in [-0.2, 0) is 41.1 Å². The maximum absolute atomic E-state index is 11.7. The highest BCUT2D eigenvalue weighted by Gasteiger charge is 2.43. The van der Waals surface area contributed by atoms with Gasteiger partial charge in [-0.1, -0.05) is 0 Å². The Hall–Kier alpha value is 0.355. The van der Waals surface area contributed by atoms with Gasteiger partial charge in [0, 0.05) is 19.0 Å². The molecular weight excluding hydrogens is 420 g/mol. The Labute approximate surface area is 149 Å². The van der Waals surface area contributed by atoms with Crippen LogP contribution in [-0.4, -0.2) is 65.1 Å². The van der Waals surface area contributed by atoms with Gasteiger partial charge in [-0.15, -0.1) is 0 Å². The van der Waals surface area contributed by atoms with Crippen molar-refractivity contribution in [3.05, 3.63) is 0 Å². The van der Waals surface area contributed by atoms with E-state index >= 15 is 0 Å². The normalized spacial score (nSPS) is 34.5. The molecule has 0 aromatic rings. The Morgan fingerprint density at radius 3 is 2.35 bits per heavy atom. The minimum Gasteiger partial charge on any atom is -0.380 e. The molecule has 4 N–H and O–H groups in total. The summed E-state index contributed by atoms with van der Waals surface area (Å²) in [4.78, 5) is 35.4. The average molecular weight is 438 g/mol. The second-order valence-electron chi connectivity index (χ2n) is 5.45. The number of hydrogen-bond donors (Lipinski definition) is 4. The lowest BCUT2D eigenvalue weighted by atomic mass is 9.96. The lowest BCUT2D eigenvalue weighted by Gasteiger charge is -2.23. The van der Waals surface area contributed by atoms with Crippen molar-refractivity contribution < 1.29 is 60.6 Å².